The molecule has 0 aromatic heterocycles. The van der Waals surface area contributed by atoms with Crippen molar-refractivity contribution < 1.29 is 50.6 Å². The average molecular weight is 504 g/mol. The first kappa shape index (κ1) is 25.8. The molecule has 2 amide bonds. The number of hydrogen-bond acceptors (Lipinski definition) is 4. The molecule has 0 aliphatic heterocycles. The highest BCUT2D eigenvalue weighted by Crippen LogP contribution is 2.44. The topological polar surface area (TPSA) is 105 Å². The molecule has 2 aromatic rings. The number of carboxylic acids is 1. The quantitative estimate of drug-likeness (QED) is 0.498. The minimum Gasteiger partial charge on any atom is -0.481 e. The zero-order valence-electron chi connectivity index (χ0n) is 17.6. The SMILES string of the molecule is O=C(NC(C(=O)NCC(C(=O)O)C(F)(F)F)C(F)(F)F)OCC1c2ccccc2-c2ccccc21. The zero-order chi connectivity index (χ0) is 26.0. The van der Waals surface area contributed by atoms with Gasteiger partial charge >= 0.3 is 24.4 Å². The van der Waals surface area contributed by atoms with Crippen LogP contribution < -0.4 is 10.6 Å². The van der Waals surface area contributed by atoms with Gasteiger partial charge in [0.15, 0.2) is 5.92 Å². The van der Waals surface area contributed by atoms with E-state index in [4.69, 9.17) is 9.84 Å². The van der Waals surface area contributed by atoms with Gasteiger partial charge in [-0.3, -0.25) is 9.59 Å². The lowest BCUT2D eigenvalue weighted by Crippen LogP contribution is -2.56. The third-order valence-corrected chi connectivity index (χ3v) is 5.37. The average Bonchev–Trinajstić information content (AvgIpc) is 3.08. The van der Waals surface area contributed by atoms with Crippen LogP contribution in [0.5, 0.6) is 0 Å². The van der Waals surface area contributed by atoms with Crippen molar-refractivity contribution in [1.82, 2.24) is 10.6 Å². The van der Waals surface area contributed by atoms with Crippen LogP contribution in [0.4, 0.5) is 31.1 Å². The van der Waals surface area contributed by atoms with E-state index in [0.717, 1.165) is 22.3 Å². The fourth-order valence-corrected chi connectivity index (χ4v) is 3.70. The molecule has 0 saturated heterocycles. The lowest BCUT2D eigenvalue weighted by Gasteiger charge is -2.23. The van der Waals surface area contributed by atoms with Crippen LogP contribution in [0.2, 0.25) is 0 Å². The molecule has 1 aliphatic rings. The molecule has 2 unspecified atom stereocenters. The summed E-state index contributed by atoms with van der Waals surface area (Å²) in [6, 6.07) is 11.0. The van der Waals surface area contributed by atoms with Crippen LogP contribution in [0.25, 0.3) is 11.1 Å². The van der Waals surface area contributed by atoms with Crippen molar-refractivity contribution in [2.75, 3.05) is 13.2 Å². The maximum absolute atomic E-state index is 13.3. The monoisotopic (exact) mass is 504 g/mol. The molecule has 0 spiro atoms. The van der Waals surface area contributed by atoms with Gasteiger partial charge in [-0.2, -0.15) is 26.3 Å². The van der Waals surface area contributed by atoms with Gasteiger partial charge < -0.3 is 20.5 Å². The molecular formula is C22H18F6N2O5. The fraction of sp³-hybridized carbons (Fsp3) is 0.318. The Morgan fingerprint density at radius 1 is 0.886 bits per heavy atom. The predicted octanol–water partition coefficient (Wildman–Crippen LogP) is 3.84. The van der Waals surface area contributed by atoms with Gasteiger partial charge in [-0.05, 0) is 22.3 Å². The molecule has 13 heteroatoms. The Labute approximate surface area is 194 Å². The molecule has 0 fully saturated rings. The minimum absolute atomic E-state index is 0.374. The number of fused-ring (bicyclic) bond motifs is 3. The highest BCUT2D eigenvalue weighted by Gasteiger charge is 2.49. The summed E-state index contributed by atoms with van der Waals surface area (Å²) in [6.45, 7) is -2.03. The molecule has 0 saturated carbocycles. The van der Waals surface area contributed by atoms with Gasteiger partial charge in [0.2, 0.25) is 6.04 Å². The van der Waals surface area contributed by atoms with Crippen LogP contribution in [0, 0.1) is 5.92 Å². The number of alkyl carbamates (subject to hydrolysis) is 1. The first-order valence-corrected chi connectivity index (χ1v) is 10.1. The number of alkyl halides is 6. The molecule has 1 aliphatic carbocycles. The minimum atomic E-state index is -5.40. The molecule has 3 rings (SSSR count). The lowest BCUT2D eigenvalue weighted by molar-refractivity contribution is -0.192. The molecule has 35 heavy (non-hydrogen) atoms. The number of hydrogen-bond donors (Lipinski definition) is 3. The lowest BCUT2D eigenvalue weighted by atomic mass is 9.98. The van der Waals surface area contributed by atoms with Crippen LogP contribution in [-0.2, 0) is 14.3 Å². The summed E-state index contributed by atoms with van der Waals surface area (Å²) in [5, 5.41) is 11.2. The van der Waals surface area contributed by atoms with E-state index in [-0.39, 0.29) is 6.61 Å². The molecule has 2 atom stereocenters. The normalized spacial score (nSPS) is 14.9. The molecule has 0 bridgehead atoms. The number of rotatable bonds is 7. The van der Waals surface area contributed by atoms with Crippen molar-refractivity contribution >= 4 is 18.0 Å². The standard InChI is InChI=1S/C22H18F6N2O5/c23-21(24,25)16(19(32)33)9-29-18(31)17(22(26,27)28)30-20(34)35-10-15-13-7-3-1-5-11(13)12-6-2-4-8-14(12)15/h1-8,15-17H,9-10H2,(H,29,31)(H,30,34)(H,32,33). The van der Waals surface area contributed by atoms with E-state index >= 15 is 0 Å². The van der Waals surface area contributed by atoms with Crippen LogP contribution >= 0.6 is 0 Å². The van der Waals surface area contributed by atoms with Crippen molar-refractivity contribution in [3.63, 3.8) is 0 Å². The van der Waals surface area contributed by atoms with Gasteiger partial charge in [0.1, 0.15) is 6.61 Å². The van der Waals surface area contributed by atoms with E-state index in [1.54, 1.807) is 36.4 Å². The maximum Gasteiger partial charge on any atom is 0.417 e. The Morgan fingerprint density at radius 2 is 1.40 bits per heavy atom. The van der Waals surface area contributed by atoms with Gasteiger partial charge in [-0.15, -0.1) is 0 Å². The molecule has 188 valence electrons. The number of benzene rings is 2. The number of carbonyl (C=O) groups excluding carboxylic acids is 2. The van der Waals surface area contributed by atoms with Gasteiger partial charge in [0, 0.05) is 12.5 Å². The first-order chi connectivity index (χ1) is 16.3. The summed E-state index contributed by atoms with van der Waals surface area (Å²) >= 11 is 0. The van der Waals surface area contributed by atoms with E-state index in [0.29, 0.717) is 0 Å². The molecule has 0 radical (unpaired) electrons. The Bertz CT molecular complexity index is 1070. The summed E-state index contributed by atoms with van der Waals surface area (Å²) in [4.78, 5) is 34.7. The van der Waals surface area contributed by atoms with Crippen molar-refractivity contribution in [3.05, 3.63) is 59.7 Å². The Balaban J connectivity index is 1.67. The third kappa shape index (κ3) is 5.84. The summed E-state index contributed by atoms with van der Waals surface area (Å²) < 4.78 is 82.9. The number of halogens is 6. The first-order valence-electron chi connectivity index (χ1n) is 10.1. The molecule has 0 heterocycles. The zero-order valence-corrected chi connectivity index (χ0v) is 17.6. The van der Waals surface area contributed by atoms with Crippen LogP contribution in [-0.4, -0.2) is 54.6 Å². The highest BCUT2D eigenvalue weighted by molar-refractivity contribution is 5.87. The van der Waals surface area contributed by atoms with Crippen LogP contribution in [0.15, 0.2) is 48.5 Å². The largest absolute Gasteiger partial charge is 0.481 e. The number of carboxylic acid groups (broad SMARTS) is 1. The highest BCUT2D eigenvalue weighted by atomic mass is 19.4. The summed E-state index contributed by atoms with van der Waals surface area (Å²) in [7, 11) is 0. The van der Waals surface area contributed by atoms with Crippen molar-refractivity contribution in [3.8, 4) is 11.1 Å². The Hall–Kier alpha value is -3.77. The Morgan fingerprint density at radius 3 is 1.86 bits per heavy atom. The van der Waals surface area contributed by atoms with E-state index in [1.807, 2.05) is 12.1 Å². The van der Waals surface area contributed by atoms with Crippen molar-refractivity contribution in [2.45, 2.75) is 24.3 Å². The second kappa shape index (κ2) is 9.84. The second-order valence-corrected chi connectivity index (χ2v) is 7.62. The van der Waals surface area contributed by atoms with E-state index < -0.39 is 54.7 Å². The smallest absolute Gasteiger partial charge is 0.417 e. The van der Waals surface area contributed by atoms with Crippen LogP contribution in [0.3, 0.4) is 0 Å². The van der Waals surface area contributed by atoms with Crippen molar-refractivity contribution in [1.29, 1.82) is 0 Å². The van der Waals surface area contributed by atoms with E-state index in [2.05, 4.69) is 0 Å². The van der Waals surface area contributed by atoms with Gasteiger partial charge in [-0.25, -0.2) is 4.79 Å². The van der Waals surface area contributed by atoms with Gasteiger partial charge in [-0.1, -0.05) is 48.5 Å². The molecule has 7 nitrogen and oxygen atoms in total. The Kier molecular flexibility index (Phi) is 7.27. The maximum atomic E-state index is 13.3. The number of carbonyl (C=O) groups is 3. The number of amides is 2. The van der Waals surface area contributed by atoms with Gasteiger partial charge in [0.25, 0.3) is 5.91 Å². The fourth-order valence-electron chi connectivity index (χ4n) is 3.70. The number of aliphatic carboxylic acids is 1. The molecule has 2 aromatic carbocycles. The predicted molar refractivity (Wildman–Crippen MR) is 108 cm³/mol. The van der Waals surface area contributed by atoms with E-state index in [9.17, 15) is 40.7 Å². The second-order valence-electron chi connectivity index (χ2n) is 7.62. The van der Waals surface area contributed by atoms with E-state index in [1.165, 1.54) is 10.6 Å². The summed E-state index contributed by atoms with van der Waals surface area (Å²) in [5.41, 5.74) is 3.28. The number of nitrogens with one attached hydrogen (secondary N) is 2. The van der Waals surface area contributed by atoms with Crippen molar-refractivity contribution in [2.24, 2.45) is 5.92 Å². The summed E-state index contributed by atoms with van der Waals surface area (Å²) in [5.74, 6) is -8.07. The number of ether oxygens (including phenoxy) is 1. The van der Waals surface area contributed by atoms with Gasteiger partial charge in [0.05, 0.1) is 0 Å². The summed E-state index contributed by atoms with van der Waals surface area (Å²) in [6.07, 6.45) is -12.3. The molecule has 3 N–H and O–H groups in total. The van der Waals surface area contributed by atoms with Crippen LogP contribution in [0.1, 0.15) is 17.0 Å². The molecular weight excluding hydrogens is 486 g/mol. The third-order valence-electron chi connectivity index (χ3n) is 5.37.